The van der Waals surface area contributed by atoms with E-state index >= 15 is 0 Å². The average Bonchev–Trinajstić information content (AvgIpc) is 2.67. The highest BCUT2D eigenvalue weighted by Gasteiger charge is 2.03. The highest BCUT2D eigenvalue weighted by Crippen LogP contribution is 2.19. The summed E-state index contributed by atoms with van der Waals surface area (Å²) in [6, 6.07) is 8.23. The van der Waals surface area contributed by atoms with E-state index in [-0.39, 0.29) is 0 Å². The minimum atomic E-state index is 0.652. The Morgan fingerprint density at radius 1 is 1.29 bits per heavy atom. The molecule has 0 saturated heterocycles. The molecule has 0 aliphatic carbocycles. The van der Waals surface area contributed by atoms with Crippen molar-refractivity contribution in [2.75, 3.05) is 0 Å². The largest absolute Gasteiger partial charge is 0.447 e. The van der Waals surface area contributed by atoms with E-state index in [2.05, 4.69) is 40.0 Å². The molecule has 0 aliphatic heterocycles. The molecule has 14 heavy (non-hydrogen) atoms. The molecular weight excluding hydrogens is 242 g/mol. The van der Waals surface area contributed by atoms with Crippen LogP contribution in [0.2, 0.25) is 0 Å². The molecule has 0 radical (unpaired) electrons. The number of hydrogen-bond donors (Lipinski definition) is 0. The number of benzene rings is 1. The van der Waals surface area contributed by atoms with Gasteiger partial charge in [-0.2, -0.15) is 0 Å². The van der Waals surface area contributed by atoms with Gasteiger partial charge in [-0.15, -0.1) is 0 Å². The van der Waals surface area contributed by atoms with Crippen molar-refractivity contribution in [2.45, 2.75) is 12.3 Å². The Kier molecular flexibility index (Phi) is 2.68. The molecule has 0 saturated carbocycles. The van der Waals surface area contributed by atoms with Gasteiger partial charge in [-0.05, 0) is 6.92 Å². The van der Waals surface area contributed by atoms with Gasteiger partial charge in [-0.25, -0.2) is 4.98 Å². The molecule has 0 spiro atoms. The number of aromatic nitrogens is 1. The number of oxazole rings is 1. The van der Waals surface area contributed by atoms with Gasteiger partial charge in [0.2, 0.25) is 5.89 Å². The number of hydrogen-bond acceptors (Lipinski definition) is 2. The third kappa shape index (κ3) is 1.87. The first-order valence-corrected chi connectivity index (χ1v) is 5.49. The number of aryl methyl sites for hydroxylation is 1. The average molecular weight is 252 g/mol. The van der Waals surface area contributed by atoms with Crippen molar-refractivity contribution in [3.8, 4) is 11.3 Å². The minimum Gasteiger partial charge on any atom is -0.447 e. The van der Waals surface area contributed by atoms with Gasteiger partial charge in [0.25, 0.3) is 0 Å². The zero-order valence-corrected chi connectivity index (χ0v) is 9.41. The third-order valence-electron chi connectivity index (χ3n) is 2.01. The SMILES string of the molecule is Cc1ccc(-c2coc(CBr)n2)cc1. The lowest BCUT2D eigenvalue weighted by molar-refractivity contribution is 0.518. The molecular formula is C11H10BrNO. The Hall–Kier alpha value is -1.09. The number of alkyl halides is 1. The molecule has 0 unspecified atom stereocenters. The van der Waals surface area contributed by atoms with E-state index < -0.39 is 0 Å². The summed E-state index contributed by atoms with van der Waals surface area (Å²) < 4.78 is 5.24. The van der Waals surface area contributed by atoms with Crippen molar-refractivity contribution in [3.05, 3.63) is 42.0 Å². The van der Waals surface area contributed by atoms with Crippen LogP contribution in [0.3, 0.4) is 0 Å². The maximum atomic E-state index is 5.24. The Morgan fingerprint density at radius 3 is 2.57 bits per heavy atom. The van der Waals surface area contributed by atoms with Crippen molar-refractivity contribution < 1.29 is 4.42 Å². The second-order valence-corrected chi connectivity index (χ2v) is 3.69. The van der Waals surface area contributed by atoms with E-state index in [1.54, 1.807) is 6.26 Å². The van der Waals surface area contributed by atoms with Crippen LogP contribution >= 0.6 is 15.9 Å². The molecule has 1 heterocycles. The first kappa shape index (κ1) is 9.46. The summed E-state index contributed by atoms with van der Waals surface area (Å²) in [6.45, 7) is 2.07. The summed E-state index contributed by atoms with van der Waals surface area (Å²) >= 11 is 3.30. The first-order chi connectivity index (χ1) is 6.79. The van der Waals surface area contributed by atoms with Crippen molar-refractivity contribution >= 4 is 15.9 Å². The maximum Gasteiger partial charge on any atom is 0.205 e. The number of nitrogens with zero attached hydrogens (tertiary/aromatic N) is 1. The van der Waals surface area contributed by atoms with Gasteiger partial charge in [-0.1, -0.05) is 45.8 Å². The highest BCUT2D eigenvalue weighted by atomic mass is 79.9. The maximum absolute atomic E-state index is 5.24. The molecule has 0 bridgehead atoms. The van der Waals surface area contributed by atoms with E-state index in [0.717, 1.165) is 11.3 Å². The van der Waals surface area contributed by atoms with Crippen LogP contribution in [0.4, 0.5) is 0 Å². The lowest BCUT2D eigenvalue weighted by atomic mass is 10.1. The van der Waals surface area contributed by atoms with Crippen LogP contribution in [0, 0.1) is 6.92 Å². The zero-order valence-electron chi connectivity index (χ0n) is 7.83. The van der Waals surface area contributed by atoms with E-state index in [1.165, 1.54) is 5.56 Å². The molecule has 0 N–H and O–H groups in total. The lowest BCUT2D eigenvalue weighted by Crippen LogP contribution is -1.80. The van der Waals surface area contributed by atoms with Gasteiger partial charge in [0.05, 0.1) is 5.33 Å². The van der Waals surface area contributed by atoms with Gasteiger partial charge < -0.3 is 4.42 Å². The van der Waals surface area contributed by atoms with Crippen molar-refractivity contribution in [1.29, 1.82) is 0 Å². The molecule has 72 valence electrons. The number of rotatable bonds is 2. The van der Waals surface area contributed by atoms with Crippen molar-refractivity contribution in [3.63, 3.8) is 0 Å². The van der Waals surface area contributed by atoms with Crippen LogP contribution in [0.25, 0.3) is 11.3 Å². The molecule has 2 aromatic rings. The summed E-state index contributed by atoms with van der Waals surface area (Å²) in [7, 11) is 0. The summed E-state index contributed by atoms with van der Waals surface area (Å²) in [5.41, 5.74) is 3.23. The smallest absolute Gasteiger partial charge is 0.205 e. The summed E-state index contributed by atoms with van der Waals surface area (Å²) in [4.78, 5) is 4.32. The molecule has 0 fully saturated rings. The van der Waals surface area contributed by atoms with Crippen molar-refractivity contribution in [2.24, 2.45) is 0 Å². The summed E-state index contributed by atoms with van der Waals surface area (Å²) in [6.07, 6.45) is 1.68. The molecule has 1 aromatic carbocycles. The predicted molar refractivity (Wildman–Crippen MR) is 59.3 cm³/mol. The molecule has 1 aromatic heterocycles. The fraction of sp³-hybridized carbons (Fsp3) is 0.182. The fourth-order valence-electron chi connectivity index (χ4n) is 1.23. The molecule has 0 atom stereocenters. The standard InChI is InChI=1S/C11H10BrNO/c1-8-2-4-9(5-3-8)10-7-14-11(6-12)13-10/h2-5,7H,6H2,1H3. The highest BCUT2D eigenvalue weighted by molar-refractivity contribution is 9.08. The summed E-state index contributed by atoms with van der Waals surface area (Å²) in [5, 5.41) is 0.652. The Balaban J connectivity index is 2.34. The van der Waals surface area contributed by atoms with Crippen LogP contribution in [-0.2, 0) is 5.33 Å². The topological polar surface area (TPSA) is 26.0 Å². The summed E-state index contributed by atoms with van der Waals surface area (Å²) in [5.74, 6) is 0.709. The van der Waals surface area contributed by atoms with Crippen LogP contribution in [0.1, 0.15) is 11.5 Å². The molecule has 2 rings (SSSR count). The van der Waals surface area contributed by atoms with Gasteiger partial charge in [0.15, 0.2) is 0 Å². The Bertz CT molecular complexity index is 419. The molecule has 3 heteroatoms. The second kappa shape index (κ2) is 3.96. The van der Waals surface area contributed by atoms with Crippen LogP contribution < -0.4 is 0 Å². The second-order valence-electron chi connectivity index (χ2n) is 3.13. The van der Waals surface area contributed by atoms with E-state index in [4.69, 9.17) is 4.42 Å². The molecule has 2 nitrogen and oxygen atoms in total. The van der Waals surface area contributed by atoms with Crippen molar-refractivity contribution in [1.82, 2.24) is 4.98 Å². The van der Waals surface area contributed by atoms with Gasteiger partial charge >= 0.3 is 0 Å². The predicted octanol–water partition coefficient (Wildman–Crippen LogP) is 3.54. The van der Waals surface area contributed by atoms with Crippen LogP contribution in [-0.4, -0.2) is 4.98 Å². The zero-order chi connectivity index (χ0) is 9.97. The monoisotopic (exact) mass is 251 g/mol. The fourth-order valence-corrected chi connectivity index (χ4v) is 1.49. The van der Waals surface area contributed by atoms with Crippen LogP contribution in [0.15, 0.2) is 34.9 Å². The third-order valence-corrected chi connectivity index (χ3v) is 2.49. The molecule has 0 aliphatic rings. The van der Waals surface area contributed by atoms with Crippen LogP contribution in [0.5, 0.6) is 0 Å². The van der Waals surface area contributed by atoms with Gasteiger partial charge in [0, 0.05) is 5.56 Å². The Labute approximate surface area is 91.1 Å². The van der Waals surface area contributed by atoms with E-state index in [0.29, 0.717) is 11.2 Å². The quantitative estimate of drug-likeness (QED) is 0.764. The van der Waals surface area contributed by atoms with E-state index in [9.17, 15) is 0 Å². The lowest BCUT2D eigenvalue weighted by Gasteiger charge is -1.95. The van der Waals surface area contributed by atoms with Gasteiger partial charge in [-0.3, -0.25) is 0 Å². The van der Waals surface area contributed by atoms with Gasteiger partial charge in [0.1, 0.15) is 12.0 Å². The normalized spacial score (nSPS) is 10.4. The van der Waals surface area contributed by atoms with E-state index in [1.807, 2.05) is 12.1 Å². The Morgan fingerprint density at radius 2 is 2.00 bits per heavy atom. The molecule has 0 amide bonds. The minimum absolute atomic E-state index is 0.652. The first-order valence-electron chi connectivity index (χ1n) is 4.37. The number of halogens is 1.